The smallest absolute Gasteiger partial charge is 0.331 e. The number of methoxy groups -OCH3 is 1. The molecule has 5 nitrogen and oxygen atoms in total. The molecule has 0 radical (unpaired) electrons. The van der Waals surface area contributed by atoms with Gasteiger partial charge < -0.3 is 14.8 Å². The highest BCUT2D eigenvalue weighted by Gasteiger charge is 2.18. The van der Waals surface area contributed by atoms with Gasteiger partial charge in [0.15, 0.2) is 6.10 Å². The van der Waals surface area contributed by atoms with Crippen molar-refractivity contribution in [1.82, 2.24) is 0 Å². The number of esters is 1. The number of carbonyl (C=O) groups is 2. The zero-order chi connectivity index (χ0) is 18.9. The summed E-state index contributed by atoms with van der Waals surface area (Å²) in [4.78, 5) is 25.2. The first-order chi connectivity index (χ1) is 12.5. The SMILES string of the molecule is COc1ccccc1NC(=O)[C@H](C)OC(=O)/C=C/c1ccc(SC)cc1. The number of ether oxygens (including phenoxy) is 2. The Labute approximate surface area is 157 Å². The Morgan fingerprint density at radius 3 is 2.46 bits per heavy atom. The van der Waals surface area contributed by atoms with Crippen LogP contribution in [0.3, 0.4) is 0 Å². The van der Waals surface area contributed by atoms with Crippen LogP contribution in [0.4, 0.5) is 5.69 Å². The third-order valence-electron chi connectivity index (χ3n) is 3.55. The maximum absolute atomic E-state index is 12.2. The average molecular weight is 371 g/mol. The normalized spacial score (nSPS) is 11.8. The van der Waals surface area contributed by atoms with Crippen LogP contribution < -0.4 is 10.1 Å². The van der Waals surface area contributed by atoms with Crippen LogP contribution in [0.5, 0.6) is 5.75 Å². The van der Waals surface area contributed by atoms with Crippen LogP contribution >= 0.6 is 11.8 Å². The molecule has 26 heavy (non-hydrogen) atoms. The van der Waals surface area contributed by atoms with Gasteiger partial charge in [0.2, 0.25) is 0 Å². The van der Waals surface area contributed by atoms with E-state index in [0.717, 1.165) is 10.5 Å². The number of anilines is 1. The zero-order valence-electron chi connectivity index (χ0n) is 14.9. The average Bonchev–Trinajstić information content (AvgIpc) is 2.67. The predicted octanol–water partition coefficient (Wildman–Crippen LogP) is 4.00. The molecular weight excluding hydrogens is 350 g/mol. The van der Waals surface area contributed by atoms with Crippen molar-refractivity contribution in [2.45, 2.75) is 17.9 Å². The van der Waals surface area contributed by atoms with Crippen molar-refractivity contribution in [2.75, 3.05) is 18.7 Å². The largest absolute Gasteiger partial charge is 0.495 e. The zero-order valence-corrected chi connectivity index (χ0v) is 15.7. The Morgan fingerprint density at radius 2 is 1.81 bits per heavy atom. The van der Waals surface area contributed by atoms with Crippen molar-refractivity contribution >= 4 is 35.4 Å². The number of carbonyl (C=O) groups excluding carboxylic acids is 2. The number of hydrogen-bond donors (Lipinski definition) is 1. The Kier molecular flexibility index (Phi) is 7.29. The van der Waals surface area contributed by atoms with Gasteiger partial charge in [0.1, 0.15) is 5.75 Å². The number of nitrogens with one attached hydrogen (secondary N) is 1. The second-order valence-electron chi connectivity index (χ2n) is 5.38. The summed E-state index contributed by atoms with van der Waals surface area (Å²) in [7, 11) is 1.52. The van der Waals surface area contributed by atoms with Gasteiger partial charge in [-0.3, -0.25) is 4.79 Å². The highest BCUT2D eigenvalue weighted by atomic mass is 32.2. The van der Waals surface area contributed by atoms with E-state index in [1.165, 1.54) is 20.1 Å². The fraction of sp³-hybridized carbons (Fsp3) is 0.200. The van der Waals surface area contributed by atoms with Crippen LogP contribution in [-0.4, -0.2) is 31.3 Å². The summed E-state index contributed by atoms with van der Waals surface area (Å²) >= 11 is 1.65. The number of benzene rings is 2. The van der Waals surface area contributed by atoms with E-state index in [9.17, 15) is 9.59 Å². The lowest BCUT2D eigenvalue weighted by atomic mass is 10.2. The Balaban J connectivity index is 1.90. The van der Waals surface area contributed by atoms with E-state index >= 15 is 0 Å². The number of thioether (sulfide) groups is 1. The van der Waals surface area contributed by atoms with Crippen molar-refractivity contribution in [2.24, 2.45) is 0 Å². The molecule has 1 amide bonds. The molecule has 1 atom stereocenters. The molecule has 0 saturated carbocycles. The third-order valence-corrected chi connectivity index (χ3v) is 4.30. The summed E-state index contributed by atoms with van der Waals surface area (Å²) in [6, 6.07) is 14.8. The lowest BCUT2D eigenvalue weighted by Gasteiger charge is -2.14. The first-order valence-electron chi connectivity index (χ1n) is 8.00. The quantitative estimate of drug-likeness (QED) is 0.453. The summed E-state index contributed by atoms with van der Waals surface area (Å²) in [6.45, 7) is 1.52. The van der Waals surface area contributed by atoms with Crippen LogP contribution in [0.2, 0.25) is 0 Å². The minimum absolute atomic E-state index is 0.430. The van der Waals surface area contributed by atoms with E-state index in [1.54, 1.807) is 42.1 Å². The van der Waals surface area contributed by atoms with Crippen LogP contribution in [0.25, 0.3) is 6.08 Å². The van der Waals surface area contributed by atoms with Crippen molar-refractivity contribution in [3.63, 3.8) is 0 Å². The topological polar surface area (TPSA) is 64.6 Å². The number of amides is 1. The molecule has 2 aromatic rings. The van der Waals surface area contributed by atoms with Crippen molar-refractivity contribution < 1.29 is 19.1 Å². The molecule has 0 saturated heterocycles. The predicted molar refractivity (Wildman–Crippen MR) is 104 cm³/mol. The number of rotatable bonds is 7. The van der Waals surface area contributed by atoms with Gasteiger partial charge in [-0.2, -0.15) is 0 Å². The fourth-order valence-electron chi connectivity index (χ4n) is 2.13. The molecule has 136 valence electrons. The number of para-hydroxylation sites is 2. The lowest BCUT2D eigenvalue weighted by molar-refractivity contribution is -0.148. The monoisotopic (exact) mass is 371 g/mol. The van der Waals surface area contributed by atoms with Gasteiger partial charge in [0.05, 0.1) is 12.8 Å². The summed E-state index contributed by atoms with van der Waals surface area (Å²) < 4.78 is 10.3. The third kappa shape index (κ3) is 5.67. The molecular formula is C20H21NO4S. The molecule has 0 aromatic heterocycles. The standard InChI is InChI=1S/C20H21NO4S/c1-14(20(23)21-17-6-4-5-7-18(17)24-2)25-19(22)13-10-15-8-11-16(26-3)12-9-15/h4-14H,1-3H3,(H,21,23)/b13-10+/t14-/m0/s1. The van der Waals surface area contributed by atoms with E-state index in [1.807, 2.05) is 30.5 Å². The fourth-order valence-corrected chi connectivity index (χ4v) is 2.54. The molecule has 2 rings (SSSR count). The molecule has 0 bridgehead atoms. The lowest BCUT2D eigenvalue weighted by Crippen LogP contribution is -2.29. The van der Waals surface area contributed by atoms with Crippen LogP contribution in [-0.2, 0) is 14.3 Å². The molecule has 0 aliphatic carbocycles. The molecule has 0 fully saturated rings. The van der Waals surface area contributed by atoms with Crippen LogP contribution in [0.15, 0.2) is 59.5 Å². The van der Waals surface area contributed by atoms with Gasteiger partial charge in [-0.15, -0.1) is 11.8 Å². The van der Waals surface area contributed by atoms with E-state index in [0.29, 0.717) is 11.4 Å². The number of hydrogen-bond acceptors (Lipinski definition) is 5. The van der Waals surface area contributed by atoms with Gasteiger partial charge >= 0.3 is 5.97 Å². The molecule has 0 heterocycles. The van der Waals surface area contributed by atoms with Gasteiger partial charge in [-0.1, -0.05) is 24.3 Å². The molecule has 6 heteroatoms. The summed E-state index contributed by atoms with van der Waals surface area (Å²) in [5, 5.41) is 2.69. The molecule has 0 unspecified atom stereocenters. The summed E-state index contributed by atoms with van der Waals surface area (Å²) in [5.41, 5.74) is 1.40. The van der Waals surface area contributed by atoms with E-state index in [2.05, 4.69) is 5.32 Å². The van der Waals surface area contributed by atoms with Gasteiger partial charge in [0, 0.05) is 11.0 Å². The van der Waals surface area contributed by atoms with Gasteiger partial charge in [-0.25, -0.2) is 4.79 Å². The first-order valence-corrected chi connectivity index (χ1v) is 9.22. The molecule has 0 aliphatic rings. The second-order valence-corrected chi connectivity index (χ2v) is 6.25. The minimum Gasteiger partial charge on any atom is -0.495 e. The van der Waals surface area contributed by atoms with Crippen LogP contribution in [0.1, 0.15) is 12.5 Å². The second kappa shape index (κ2) is 9.68. The summed E-state index contributed by atoms with van der Waals surface area (Å²) in [5.74, 6) is -0.477. The molecule has 2 aromatic carbocycles. The Morgan fingerprint density at radius 1 is 1.12 bits per heavy atom. The highest BCUT2D eigenvalue weighted by molar-refractivity contribution is 7.98. The maximum Gasteiger partial charge on any atom is 0.331 e. The van der Waals surface area contributed by atoms with Gasteiger partial charge in [0.25, 0.3) is 5.91 Å². The molecule has 0 spiro atoms. The van der Waals surface area contributed by atoms with E-state index < -0.39 is 18.0 Å². The Bertz CT molecular complexity index is 787. The maximum atomic E-state index is 12.2. The molecule has 0 aliphatic heterocycles. The van der Waals surface area contributed by atoms with Gasteiger partial charge in [-0.05, 0) is 49.1 Å². The van der Waals surface area contributed by atoms with Crippen LogP contribution in [0, 0.1) is 0 Å². The minimum atomic E-state index is -0.934. The van der Waals surface area contributed by atoms with E-state index in [-0.39, 0.29) is 0 Å². The summed E-state index contributed by atoms with van der Waals surface area (Å²) in [6.07, 6.45) is 4.02. The van der Waals surface area contributed by atoms with Crippen molar-refractivity contribution in [3.05, 3.63) is 60.2 Å². The highest BCUT2D eigenvalue weighted by Crippen LogP contribution is 2.23. The van der Waals surface area contributed by atoms with Crippen molar-refractivity contribution in [3.8, 4) is 5.75 Å². The first kappa shape index (κ1) is 19.6. The van der Waals surface area contributed by atoms with Crippen molar-refractivity contribution in [1.29, 1.82) is 0 Å². The molecule has 1 N–H and O–H groups in total. The Hall–Kier alpha value is -2.73. The van der Waals surface area contributed by atoms with E-state index in [4.69, 9.17) is 9.47 Å².